The molecule has 204 valence electrons. The van der Waals surface area contributed by atoms with Gasteiger partial charge in [-0.3, -0.25) is 13.9 Å². The number of sulfonamides is 1. The number of nitrogens with one attached hydrogen (secondary N) is 1. The SMILES string of the molecule is CC[C@@H](C(=O)NCC(C)C)N(Cc1ccc(F)cc1)C(=O)CCCN(c1cccc(C)c1C)S(C)(=O)=O. The van der Waals surface area contributed by atoms with Crippen LogP contribution in [0, 0.1) is 25.6 Å². The van der Waals surface area contributed by atoms with Gasteiger partial charge in [-0.1, -0.05) is 45.0 Å². The number of aryl methyl sites for hydroxylation is 1. The Morgan fingerprint density at radius 1 is 1.05 bits per heavy atom. The topological polar surface area (TPSA) is 86.8 Å². The van der Waals surface area contributed by atoms with Crippen LogP contribution in [0.1, 0.15) is 56.7 Å². The summed E-state index contributed by atoms with van der Waals surface area (Å²) in [7, 11) is -3.57. The van der Waals surface area contributed by atoms with Gasteiger partial charge in [-0.25, -0.2) is 12.8 Å². The Kier molecular flexibility index (Phi) is 11.1. The zero-order valence-electron chi connectivity index (χ0n) is 22.8. The van der Waals surface area contributed by atoms with Gasteiger partial charge in [0.1, 0.15) is 11.9 Å². The Hall–Kier alpha value is -2.94. The van der Waals surface area contributed by atoms with Crippen molar-refractivity contribution in [1.82, 2.24) is 10.2 Å². The maximum Gasteiger partial charge on any atom is 0.242 e. The summed E-state index contributed by atoms with van der Waals surface area (Å²) in [5.74, 6) is -0.615. The first-order valence-electron chi connectivity index (χ1n) is 12.7. The summed E-state index contributed by atoms with van der Waals surface area (Å²) in [6.45, 7) is 10.4. The number of hydrogen-bond acceptors (Lipinski definition) is 4. The van der Waals surface area contributed by atoms with E-state index in [0.29, 0.717) is 24.2 Å². The van der Waals surface area contributed by atoms with Gasteiger partial charge >= 0.3 is 0 Å². The standard InChI is InChI=1S/C28H40FN3O4S/c1-7-25(28(34)30-18-20(2)3)31(19-23-13-15-24(29)16-14-23)27(33)12-9-17-32(37(6,35)36)26-11-8-10-21(4)22(26)5/h8,10-11,13-16,20,25H,7,9,12,17-19H2,1-6H3,(H,30,34)/t25-/m0/s1. The molecular formula is C28H40FN3O4S. The molecule has 0 spiro atoms. The van der Waals surface area contributed by atoms with E-state index < -0.39 is 16.1 Å². The summed E-state index contributed by atoms with van der Waals surface area (Å²) < 4.78 is 40.0. The lowest BCUT2D eigenvalue weighted by Crippen LogP contribution is -2.49. The maximum atomic E-state index is 13.5. The van der Waals surface area contributed by atoms with Crippen molar-refractivity contribution < 1.29 is 22.4 Å². The minimum absolute atomic E-state index is 0.0615. The number of carbonyl (C=O) groups is 2. The van der Waals surface area contributed by atoms with Gasteiger partial charge in [0.25, 0.3) is 0 Å². The number of hydrogen-bond donors (Lipinski definition) is 1. The maximum absolute atomic E-state index is 13.5. The van der Waals surface area contributed by atoms with Gasteiger partial charge in [0.15, 0.2) is 0 Å². The molecule has 0 unspecified atom stereocenters. The van der Waals surface area contributed by atoms with E-state index in [-0.39, 0.29) is 49.5 Å². The van der Waals surface area contributed by atoms with Crippen LogP contribution in [0.15, 0.2) is 42.5 Å². The minimum atomic E-state index is -3.57. The fraction of sp³-hybridized carbons (Fsp3) is 0.500. The molecule has 0 aromatic heterocycles. The first-order valence-corrected chi connectivity index (χ1v) is 14.6. The quantitative estimate of drug-likeness (QED) is 0.409. The van der Waals surface area contributed by atoms with Crippen LogP contribution < -0.4 is 9.62 Å². The van der Waals surface area contributed by atoms with Crippen LogP contribution in [0.5, 0.6) is 0 Å². The number of rotatable bonds is 13. The van der Waals surface area contributed by atoms with Crippen LogP contribution in [0.2, 0.25) is 0 Å². The van der Waals surface area contributed by atoms with Crippen molar-refractivity contribution in [2.75, 3.05) is 23.7 Å². The van der Waals surface area contributed by atoms with Crippen molar-refractivity contribution in [3.8, 4) is 0 Å². The van der Waals surface area contributed by atoms with Crippen LogP contribution in [0.25, 0.3) is 0 Å². The molecule has 2 rings (SSSR count). The summed E-state index contributed by atoms with van der Waals surface area (Å²) in [4.78, 5) is 28.0. The van der Waals surface area contributed by atoms with Crippen molar-refractivity contribution >= 4 is 27.5 Å². The number of halogens is 1. The van der Waals surface area contributed by atoms with Crippen LogP contribution in [0.4, 0.5) is 10.1 Å². The normalized spacial score (nSPS) is 12.3. The molecule has 0 heterocycles. The molecule has 2 aromatic rings. The predicted octanol–water partition coefficient (Wildman–Crippen LogP) is 4.57. The zero-order chi connectivity index (χ0) is 27.8. The largest absolute Gasteiger partial charge is 0.354 e. The fourth-order valence-corrected chi connectivity index (χ4v) is 5.13. The monoisotopic (exact) mass is 533 g/mol. The number of benzene rings is 2. The van der Waals surface area contributed by atoms with Crippen molar-refractivity contribution in [1.29, 1.82) is 0 Å². The van der Waals surface area contributed by atoms with Gasteiger partial charge in [-0.05, 0) is 67.5 Å². The van der Waals surface area contributed by atoms with E-state index in [9.17, 15) is 22.4 Å². The second-order valence-electron chi connectivity index (χ2n) is 9.87. The summed E-state index contributed by atoms with van der Waals surface area (Å²) in [6, 6.07) is 10.6. The smallest absolute Gasteiger partial charge is 0.242 e. The first kappa shape index (κ1) is 30.3. The average molecular weight is 534 g/mol. The lowest BCUT2D eigenvalue weighted by molar-refractivity contribution is -0.141. The highest BCUT2D eigenvalue weighted by atomic mass is 32.2. The van der Waals surface area contributed by atoms with Crippen LogP contribution in [-0.2, 0) is 26.2 Å². The van der Waals surface area contributed by atoms with Gasteiger partial charge in [-0.2, -0.15) is 0 Å². The molecule has 0 fully saturated rings. The lowest BCUT2D eigenvalue weighted by Gasteiger charge is -2.31. The molecule has 1 N–H and O–H groups in total. The Balaban J connectivity index is 2.24. The van der Waals surface area contributed by atoms with Gasteiger partial charge in [0, 0.05) is 26.1 Å². The molecular weight excluding hydrogens is 493 g/mol. The van der Waals surface area contributed by atoms with E-state index >= 15 is 0 Å². The molecule has 0 aliphatic heterocycles. The summed E-state index contributed by atoms with van der Waals surface area (Å²) >= 11 is 0. The number of anilines is 1. The first-order chi connectivity index (χ1) is 17.3. The summed E-state index contributed by atoms with van der Waals surface area (Å²) in [5, 5.41) is 2.91. The van der Waals surface area contributed by atoms with Crippen LogP contribution in [-0.4, -0.2) is 50.5 Å². The highest BCUT2D eigenvalue weighted by molar-refractivity contribution is 7.92. The van der Waals surface area contributed by atoms with Crippen molar-refractivity contribution in [2.24, 2.45) is 5.92 Å². The highest BCUT2D eigenvalue weighted by Crippen LogP contribution is 2.25. The summed E-state index contributed by atoms with van der Waals surface area (Å²) in [5.41, 5.74) is 3.14. The molecule has 37 heavy (non-hydrogen) atoms. The highest BCUT2D eigenvalue weighted by Gasteiger charge is 2.29. The minimum Gasteiger partial charge on any atom is -0.354 e. The average Bonchev–Trinajstić information content (AvgIpc) is 2.82. The van der Waals surface area contributed by atoms with E-state index in [2.05, 4.69) is 5.32 Å². The molecule has 2 amide bonds. The molecule has 0 aliphatic carbocycles. The fourth-order valence-electron chi connectivity index (χ4n) is 4.12. The second-order valence-corrected chi connectivity index (χ2v) is 11.8. The molecule has 0 saturated heterocycles. The molecule has 0 radical (unpaired) electrons. The molecule has 1 atom stereocenters. The van der Waals surface area contributed by atoms with E-state index in [4.69, 9.17) is 0 Å². The van der Waals surface area contributed by atoms with Crippen molar-refractivity contribution in [2.45, 2.75) is 66.5 Å². The molecule has 7 nitrogen and oxygen atoms in total. The Labute approximate surface area is 221 Å². The molecule has 0 saturated carbocycles. The van der Waals surface area contributed by atoms with E-state index in [1.165, 1.54) is 21.3 Å². The van der Waals surface area contributed by atoms with Crippen molar-refractivity contribution in [3.63, 3.8) is 0 Å². The van der Waals surface area contributed by atoms with Crippen molar-refractivity contribution in [3.05, 3.63) is 65.0 Å². The van der Waals surface area contributed by atoms with Gasteiger partial charge in [-0.15, -0.1) is 0 Å². The third-order valence-corrected chi connectivity index (χ3v) is 7.51. The second kappa shape index (κ2) is 13.6. The Morgan fingerprint density at radius 3 is 2.27 bits per heavy atom. The van der Waals surface area contributed by atoms with Gasteiger partial charge in [0.05, 0.1) is 11.9 Å². The number of nitrogens with zero attached hydrogens (tertiary/aromatic N) is 2. The third kappa shape index (κ3) is 8.84. The molecule has 0 bridgehead atoms. The number of amides is 2. The van der Waals surface area contributed by atoms with Crippen LogP contribution >= 0.6 is 0 Å². The Bertz CT molecular complexity index is 1170. The van der Waals surface area contributed by atoms with E-state index in [1.807, 2.05) is 46.8 Å². The molecule has 9 heteroatoms. The zero-order valence-corrected chi connectivity index (χ0v) is 23.6. The number of carbonyl (C=O) groups excluding carboxylic acids is 2. The van der Waals surface area contributed by atoms with Gasteiger partial charge in [0.2, 0.25) is 21.8 Å². The van der Waals surface area contributed by atoms with E-state index in [1.54, 1.807) is 18.2 Å². The lowest BCUT2D eigenvalue weighted by atomic mass is 10.1. The molecule has 2 aromatic carbocycles. The Morgan fingerprint density at radius 2 is 1.70 bits per heavy atom. The molecule has 0 aliphatic rings. The van der Waals surface area contributed by atoms with Gasteiger partial charge < -0.3 is 10.2 Å². The summed E-state index contributed by atoms with van der Waals surface area (Å²) in [6.07, 6.45) is 1.91. The predicted molar refractivity (Wildman–Crippen MR) is 146 cm³/mol. The van der Waals surface area contributed by atoms with E-state index in [0.717, 1.165) is 17.4 Å². The third-order valence-electron chi connectivity index (χ3n) is 6.33. The van der Waals surface area contributed by atoms with Crippen LogP contribution in [0.3, 0.4) is 0 Å².